The van der Waals surface area contributed by atoms with Crippen LogP contribution in [0.1, 0.15) is 59.4 Å². The molecular weight excluding hydrogens is 1510 g/mol. The van der Waals surface area contributed by atoms with E-state index in [-0.39, 0.29) is 116 Å². The van der Waals surface area contributed by atoms with E-state index in [1.165, 1.54) is 61.5 Å². The van der Waals surface area contributed by atoms with Crippen LogP contribution in [0.4, 0.5) is 21.1 Å². The summed E-state index contributed by atoms with van der Waals surface area (Å²) in [6.45, 7) is 3.86. The molecule has 552 valence electrons. The molecule has 1 aliphatic carbocycles. The Bertz CT molecular complexity index is 4310. The molecule has 15 N–H and O–H groups in total. The lowest BCUT2D eigenvalue weighted by molar-refractivity contribution is -0.0244. The predicted octanol–water partition coefficient (Wildman–Crippen LogP) is 4.84. The number of phosphoric ester groups is 1. The molecule has 1 aromatic heterocycles. The van der Waals surface area contributed by atoms with Gasteiger partial charge in [-0.25, -0.2) is 38.2 Å². The molecular formula is C53H69N8O30P3S6. The average molecular weight is 1580 g/mol. The van der Waals surface area contributed by atoms with Gasteiger partial charge in [0.2, 0.25) is 0 Å². The summed E-state index contributed by atoms with van der Waals surface area (Å²) in [5.41, 5.74) is 8.51. The lowest BCUT2D eigenvalue weighted by Gasteiger charge is -2.24. The summed E-state index contributed by atoms with van der Waals surface area (Å²) in [5, 5.41) is 24.9. The van der Waals surface area contributed by atoms with Crippen LogP contribution in [0.3, 0.4) is 0 Å². The van der Waals surface area contributed by atoms with E-state index in [1.54, 1.807) is 6.26 Å². The van der Waals surface area contributed by atoms with Crippen molar-refractivity contribution in [3.05, 3.63) is 81.2 Å². The lowest BCUT2D eigenvalue weighted by atomic mass is 9.89. The van der Waals surface area contributed by atoms with Crippen LogP contribution in [0.15, 0.2) is 67.7 Å². The molecule has 3 heterocycles. The summed E-state index contributed by atoms with van der Waals surface area (Å²) in [7, 11) is -21.7. The van der Waals surface area contributed by atoms with Crippen LogP contribution in [-0.4, -0.2) is 192 Å². The second-order valence-corrected chi connectivity index (χ2v) is 33.8. The number of unbranched alkanes of at least 4 members (excludes halogenated alkanes) is 1. The lowest BCUT2D eigenvalue weighted by Crippen LogP contribution is -2.37. The number of nitrogens with zero attached hydrogens (tertiary/aromatic N) is 2. The van der Waals surface area contributed by atoms with Crippen molar-refractivity contribution in [3.8, 4) is 34.4 Å². The number of nitrogen functional groups attached to an aromatic ring is 2. The third-order valence-corrected chi connectivity index (χ3v) is 23.6. The number of anilines is 2. The van der Waals surface area contributed by atoms with Crippen molar-refractivity contribution in [2.75, 3.05) is 102 Å². The first kappa shape index (κ1) is 83.0. The molecule has 1 fully saturated rings. The molecule has 0 radical (unpaired) electrons. The number of alkyl carbamates (subject to hydrolysis) is 2. The van der Waals surface area contributed by atoms with Gasteiger partial charge in [-0.05, 0) is 93.3 Å². The Labute approximate surface area is 585 Å². The minimum absolute atomic E-state index is 0.00209. The molecule has 0 saturated carbocycles. The molecule has 100 heavy (non-hydrogen) atoms. The van der Waals surface area contributed by atoms with Gasteiger partial charge in [0, 0.05) is 71.2 Å². The molecule has 4 unspecified atom stereocenters. The van der Waals surface area contributed by atoms with Gasteiger partial charge in [0.25, 0.3) is 26.1 Å². The number of hydrogen-bond donors (Lipinski definition) is 13. The standard InChI is InChI=1S/C53H69N8O30P3S6/c1-53(2,98-97-29-83-17-4-5-18-84-51(66)58-14-12-32-25-61(50(65)60-47(32)56)26-33-27-86-40(42(33)87-30-96-95-3)28-88-93(71,72)91-94(73,74)90-92(68,69)70)13-19-85-52(67)59-16-21-82-23-22-81-20-15-57-48(62)31-6-7-34(49(63)64)37(24-31)41-35-8-10-38(54)45(99(75,76)77)43(35)89-44-36(41)9-11-39(55)46(44)100(78,79)80/h6-11,24-25,33,40,42,54H,4-5,13,15-23,26-30,55H2,1-3H3,(H,57,62)(H,58,66)(H,59,67)(H,63,64)(H,71,72)(H,73,74)(H2,56,60,65)(H2,68,69,70)(H,75,76,77)(H,78,79,80)/t33?,40-,42?/m1/s1. The van der Waals surface area contributed by atoms with Crippen LogP contribution in [0.25, 0.3) is 33.4 Å². The van der Waals surface area contributed by atoms with Crippen LogP contribution in [0.5, 0.6) is 0 Å². The fourth-order valence-corrected chi connectivity index (χ4v) is 16.6. The smallest absolute Gasteiger partial charge is 0.478 e. The summed E-state index contributed by atoms with van der Waals surface area (Å²) in [4.78, 5) is 102. The summed E-state index contributed by atoms with van der Waals surface area (Å²) in [6, 6.07) is 10.2. The number of amides is 3. The van der Waals surface area contributed by atoms with Gasteiger partial charge in [0.15, 0.2) is 21.1 Å². The van der Waals surface area contributed by atoms with Gasteiger partial charge >= 0.3 is 47.3 Å². The zero-order valence-corrected chi connectivity index (χ0v) is 60.3. The van der Waals surface area contributed by atoms with E-state index in [0.717, 1.165) is 34.9 Å². The maximum atomic E-state index is 13.4. The number of nitrogens with one attached hydrogen (secondary N) is 4. The molecule has 3 amide bonds. The van der Waals surface area contributed by atoms with Gasteiger partial charge in [-0.3, -0.25) is 28.4 Å². The SMILES string of the molecule is CSSCOC1C(Cn2cc(C#CNC(=O)OCCCCOCSSC(C)(C)CCOC(=O)NCCOCCOCCNC(=O)c3ccc(C(=O)O)c(-c4c5ccc(=N)c(S(=O)(=O)O)c-5oc5c(S(=O)(=O)O)c(N)ccc45)c3)c(N)nc2=O)CO[C@@H]1COP(=O)(O)OP(=O)(O)OP(=O)(O)O. The quantitative estimate of drug-likeness (QED) is 0.00288. The maximum absolute atomic E-state index is 13.4. The summed E-state index contributed by atoms with van der Waals surface area (Å²) >= 11 is 0. The normalized spacial score (nSPS) is 16.3. The highest BCUT2D eigenvalue weighted by Crippen LogP contribution is 2.66. The Morgan fingerprint density at radius 1 is 0.820 bits per heavy atom. The van der Waals surface area contributed by atoms with Gasteiger partial charge in [-0.2, -0.15) is 30.4 Å². The number of phosphoric acid groups is 3. The number of carbonyl (C=O) groups excluding carboxylic acids is 3. The predicted molar refractivity (Wildman–Crippen MR) is 361 cm³/mol. The zero-order chi connectivity index (χ0) is 73.8. The minimum Gasteiger partial charge on any atom is -0.478 e. The van der Waals surface area contributed by atoms with E-state index >= 15 is 0 Å². The highest BCUT2D eigenvalue weighted by atomic mass is 33.1. The zero-order valence-electron chi connectivity index (χ0n) is 52.7. The largest absolute Gasteiger partial charge is 0.490 e. The molecule has 0 bridgehead atoms. The molecule has 2 aliphatic heterocycles. The average Bonchev–Trinajstić information content (AvgIpc) is 0.785. The van der Waals surface area contributed by atoms with Crippen molar-refractivity contribution in [1.29, 1.82) is 5.41 Å². The third kappa shape index (κ3) is 25.8. The van der Waals surface area contributed by atoms with Gasteiger partial charge < -0.3 is 84.4 Å². The van der Waals surface area contributed by atoms with Crippen LogP contribution in [0.2, 0.25) is 0 Å². The summed E-state index contributed by atoms with van der Waals surface area (Å²) < 4.78 is 163. The molecule has 2 aromatic carbocycles. The molecule has 38 nitrogen and oxygen atoms in total. The Kier molecular flexibility index (Phi) is 31.1. The molecule has 3 aliphatic rings. The maximum Gasteiger partial charge on any atom is 0.490 e. The Morgan fingerprint density at radius 2 is 1.50 bits per heavy atom. The first-order chi connectivity index (χ1) is 46.9. The second-order valence-electron chi connectivity index (χ2n) is 21.2. The van der Waals surface area contributed by atoms with Crippen LogP contribution in [-0.2, 0) is 86.8 Å². The first-order valence-electron chi connectivity index (χ1n) is 28.8. The number of carboxylic acid groups (broad SMARTS) is 1. The Morgan fingerprint density at radius 3 is 2.17 bits per heavy atom. The number of carboxylic acids is 1. The molecule has 1 saturated heterocycles. The van der Waals surface area contributed by atoms with Crippen molar-refractivity contribution in [2.24, 2.45) is 5.92 Å². The third-order valence-electron chi connectivity index (χ3n) is 13.4. The Hall–Kier alpha value is -5.92. The van der Waals surface area contributed by atoms with E-state index in [9.17, 15) is 78.5 Å². The number of fused-ring (bicyclic) bond motifs is 2. The van der Waals surface area contributed by atoms with Crippen molar-refractivity contribution >= 4 is 133 Å². The number of nitrogens with two attached hydrogens (primary N) is 2. The van der Waals surface area contributed by atoms with E-state index in [0.29, 0.717) is 31.8 Å². The molecule has 47 heteroatoms. The van der Waals surface area contributed by atoms with Gasteiger partial charge in [-0.1, -0.05) is 43.2 Å². The number of rotatable bonds is 39. The van der Waals surface area contributed by atoms with E-state index < -0.39 is 136 Å². The van der Waals surface area contributed by atoms with Crippen LogP contribution in [0, 0.1) is 23.3 Å². The van der Waals surface area contributed by atoms with Gasteiger partial charge in [0.05, 0.1) is 81.1 Å². The van der Waals surface area contributed by atoms with Crippen molar-refractivity contribution in [2.45, 2.75) is 66.4 Å². The molecule has 6 rings (SSSR count). The van der Waals surface area contributed by atoms with Crippen LogP contribution < -0.4 is 38.5 Å². The van der Waals surface area contributed by atoms with Crippen molar-refractivity contribution < 1.29 is 134 Å². The fraction of sp³-hybridized carbons (Fsp3) is 0.453. The van der Waals surface area contributed by atoms with Crippen molar-refractivity contribution in [1.82, 2.24) is 25.5 Å². The molecule has 5 atom stereocenters. The van der Waals surface area contributed by atoms with Gasteiger partial charge in [0.1, 0.15) is 23.8 Å². The van der Waals surface area contributed by atoms with E-state index in [2.05, 4.69) is 41.5 Å². The van der Waals surface area contributed by atoms with E-state index in [1.807, 2.05) is 13.8 Å². The highest BCUT2D eigenvalue weighted by Gasteiger charge is 2.44. The van der Waals surface area contributed by atoms with Crippen molar-refractivity contribution in [3.63, 3.8) is 0 Å². The second kappa shape index (κ2) is 37.5. The number of ether oxygens (including phenoxy) is 7. The minimum atomic E-state index is -5.78. The Balaban J connectivity index is 0.817. The van der Waals surface area contributed by atoms with E-state index in [4.69, 9.17) is 68.8 Å². The molecule has 0 spiro atoms. The number of aromatic nitrogens is 2. The number of hydrogen-bond acceptors (Lipinski definition) is 31. The van der Waals surface area contributed by atoms with Gasteiger partial charge in [-0.15, -0.1) is 0 Å². The number of benzene rings is 3. The topological polar surface area (TPSA) is 582 Å². The van der Waals surface area contributed by atoms with Crippen LogP contribution >= 0.6 is 66.6 Å². The number of aromatic carboxylic acids is 1. The summed E-state index contributed by atoms with van der Waals surface area (Å²) in [5.74, 6) is -0.907. The number of carbonyl (C=O) groups is 4. The molecule has 3 aromatic rings. The monoisotopic (exact) mass is 1580 g/mol. The summed E-state index contributed by atoms with van der Waals surface area (Å²) in [6.07, 6.45) is 0.993. The first-order valence-corrected chi connectivity index (χ1v) is 41.3. The highest BCUT2D eigenvalue weighted by molar-refractivity contribution is 8.77. The fourth-order valence-electron chi connectivity index (χ4n) is 9.07.